The van der Waals surface area contributed by atoms with E-state index in [-0.39, 0.29) is 0 Å². The Hall–Kier alpha value is -1.71. The molecule has 1 saturated carbocycles. The second-order valence-corrected chi connectivity index (χ2v) is 7.29. The fourth-order valence-electron chi connectivity index (χ4n) is 4.00. The van der Waals surface area contributed by atoms with E-state index >= 15 is 0 Å². The van der Waals surface area contributed by atoms with Gasteiger partial charge in [0.2, 0.25) is 0 Å². The molecule has 2 aromatic rings. The van der Waals surface area contributed by atoms with Gasteiger partial charge >= 0.3 is 0 Å². The molecule has 0 amide bonds. The number of nitrogens with zero attached hydrogens (tertiary/aromatic N) is 3. The Balaban J connectivity index is 1.28. The van der Waals surface area contributed by atoms with Crippen molar-refractivity contribution >= 4 is 0 Å². The summed E-state index contributed by atoms with van der Waals surface area (Å²) in [6.07, 6.45) is 7.04. The largest absolute Gasteiger partial charge is 0.297 e. The van der Waals surface area contributed by atoms with Crippen molar-refractivity contribution in [3.8, 4) is 0 Å². The van der Waals surface area contributed by atoms with Gasteiger partial charge in [0.1, 0.15) is 0 Å². The number of pyridine rings is 1. The standard InChI is InChI=1S/C21H27N3/c1-2-6-19(7-3-1)18-23-14-16-24(17-15-23)21(11-12-21)10-9-20-8-4-5-13-22-20/h1-8,13H,9-12,14-18H2. The average Bonchev–Trinajstić information content (AvgIpc) is 3.44. The Morgan fingerprint density at radius 1 is 0.875 bits per heavy atom. The van der Waals surface area contributed by atoms with Gasteiger partial charge in [0.05, 0.1) is 0 Å². The van der Waals surface area contributed by atoms with E-state index in [4.69, 9.17) is 0 Å². The molecule has 1 aromatic carbocycles. The lowest BCUT2D eigenvalue weighted by Gasteiger charge is -2.40. The number of hydrogen-bond acceptors (Lipinski definition) is 3. The molecular formula is C21H27N3. The smallest absolute Gasteiger partial charge is 0.0404 e. The summed E-state index contributed by atoms with van der Waals surface area (Å²) in [5.74, 6) is 0. The van der Waals surface area contributed by atoms with Crippen LogP contribution < -0.4 is 0 Å². The van der Waals surface area contributed by atoms with Crippen LogP contribution in [-0.4, -0.2) is 46.5 Å². The molecule has 126 valence electrons. The van der Waals surface area contributed by atoms with Crippen LogP contribution in [0.25, 0.3) is 0 Å². The predicted octanol–water partition coefficient (Wildman–Crippen LogP) is 3.36. The molecule has 2 heterocycles. The second kappa shape index (κ2) is 7.04. The normalized spacial score (nSPS) is 20.8. The van der Waals surface area contributed by atoms with Crippen LogP contribution in [0.5, 0.6) is 0 Å². The van der Waals surface area contributed by atoms with Crippen molar-refractivity contribution in [2.75, 3.05) is 26.2 Å². The molecule has 24 heavy (non-hydrogen) atoms. The lowest BCUT2D eigenvalue weighted by atomic mass is 10.0. The lowest BCUT2D eigenvalue weighted by Crippen LogP contribution is -2.51. The molecule has 3 nitrogen and oxygen atoms in total. The third kappa shape index (κ3) is 3.68. The minimum Gasteiger partial charge on any atom is -0.297 e. The van der Waals surface area contributed by atoms with E-state index in [0.717, 1.165) is 13.0 Å². The molecule has 3 heteroatoms. The van der Waals surface area contributed by atoms with E-state index in [2.05, 4.69) is 57.2 Å². The third-order valence-electron chi connectivity index (χ3n) is 5.69. The highest BCUT2D eigenvalue weighted by atomic mass is 15.3. The molecule has 4 rings (SSSR count). The van der Waals surface area contributed by atoms with E-state index in [0.29, 0.717) is 5.54 Å². The van der Waals surface area contributed by atoms with Crippen LogP contribution in [-0.2, 0) is 13.0 Å². The van der Waals surface area contributed by atoms with Crippen molar-refractivity contribution in [3.05, 3.63) is 66.0 Å². The summed E-state index contributed by atoms with van der Waals surface area (Å²) in [5.41, 5.74) is 3.16. The van der Waals surface area contributed by atoms with Crippen LogP contribution in [0.3, 0.4) is 0 Å². The molecule has 1 saturated heterocycles. The van der Waals surface area contributed by atoms with Crippen molar-refractivity contribution in [3.63, 3.8) is 0 Å². The van der Waals surface area contributed by atoms with Gasteiger partial charge in [-0.15, -0.1) is 0 Å². The quantitative estimate of drug-likeness (QED) is 0.813. The van der Waals surface area contributed by atoms with Gasteiger partial charge in [0, 0.05) is 50.2 Å². The minimum atomic E-state index is 0.482. The number of benzene rings is 1. The molecule has 1 aliphatic carbocycles. The molecule has 1 aromatic heterocycles. The highest BCUT2D eigenvalue weighted by Crippen LogP contribution is 2.45. The summed E-state index contributed by atoms with van der Waals surface area (Å²) in [5, 5.41) is 0. The maximum atomic E-state index is 4.49. The highest BCUT2D eigenvalue weighted by molar-refractivity contribution is 5.15. The van der Waals surface area contributed by atoms with Gasteiger partial charge in [-0.1, -0.05) is 36.4 Å². The Kier molecular flexibility index (Phi) is 4.63. The van der Waals surface area contributed by atoms with E-state index < -0.39 is 0 Å². The van der Waals surface area contributed by atoms with Crippen molar-refractivity contribution in [1.29, 1.82) is 0 Å². The number of hydrogen-bond donors (Lipinski definition) is 0. The molecule has 0 atom stereocenters. The average molecular weight is 321 g/mol. The predicted molar refractivity (Wildman–Crippen MR) is 97.8 cm³/mol. The zero-order valence-corrected chi connectivity index (χ0v) is 14.4. The SMILES string of the molecule is c1ccc(CN2CCN(C3(CCc4ccccn4)CC3)CC2)cc1. The van der Waals surface area contributed by atoms with Gasteiger partial charge in [-0.3, -0.25) is 14.8 Å². The minimum absolute atomic E-state index is 0.482. The fraction of sp³-hybridized carbons (Fsp3) is 0.476. The van der Waals surface area contributed by atoms with E-state index in [1.54, 1.807) is 0 Å². The summed E-state index contributed by atoms with van der Waals surface area (Å²) in [4.78, 5) is 9.85. The lowest BCUT2D eigenvalue weighted by molar-refractivity contribution is 0.0767. The Bertz CT molecular complexity index is 629. The van der Waals surface area contributed by atoms with Crippen LogP contribution in [0.1, 0.15) is 30.5 Å². The van der Waals surface area contributed by atoms with Crippen LogP contribution in [0.4, 0.5) is 0 Å². The summed E-state index contributed by atoms with van der Waals surface area (Å²) < 4.78 is 0. The van der Waals surface area contributed by atoms with Gasteiger partial charge in [-0.25, -0.2) is 0 Å². The molecule has 0 radical (unpaired) electrons. The monoisotopic (exact) mass is 321 g/mol. The van der Waals surface area contributed by atoms with Gasteiger partial charge < -0.3 is 0 Å². The van der Waals surface area contributed by atoms with E-state index in [9.17, 15) is 0 Å². The maximum Gasteiger partial charge on any atom is 0.0404 e. The Labute approximate surface area is 145 Å². The van der Waals surface area contributed by atoms with Crippen LogP contribution in [0, 0.1) is 0 Å². The van der Waals surface area contributed by atoms with Gasteiger partial charge in [-0.2, -0.15) is 0 Å². The second-order valence-electron chi connectivity index (χ2n) is 7.29. The Morgan fingerprint density at radius 2 is 1.62 bits per heavy atom. The molecule has 0 bridgehead atoms. The fourth-order valence-corrected chi connectivity index (χ4v) is 4.00. The highest BCUT2D eigenvalue weighted by Gasteiger charge is 2.47. The first-order chi connectivity index (χ1) is 11.8. The molecule has 2 fully saturated rings. The van der Waals surface area contributed by atoms with Crippen molar-refractivity contribution in [2.24, 2.45) is 0 Å². The first-order valence-corrected chi connectivity index (χ1v) is 9.25. The van der Waals surface area contributed by atoms with Crippen molar-refractivity contribution < 1.29 is 0 Å². The maximum absolute atomic E-state index is 4.49. The van der Waals surface area contributed by atoms with Crippen LogP contribution >= 0.6 is 0 Å². The van der Waals surface area contributed by atoms with E-state index in [1.807, 2.05) is 12.3 Å². The number of piperazine rings is 1. The third-order valence-corrected chi connectivity index (χ3v) is 5.69. The van der Waals surface area contributed by atoms with Crippen molar-refractivity contribution in [2.45, 2.75) is 37.8 Å². The number of rotatable bonds is 6. The first kappa shape index (κ1) is 15.8. The van der Waals surface area contributed by atoms with Crippen molar-refractivity contribution in [1.82, 2.24) is 14.8 Å². The van der Waals surface area contributed by atoms with Gasteiger partial charge in [0.15, 0.2) is 0 Å². The summed E-state index contributed by atoms with van der Waals surface area (Å²) in [6.45, 7) is 5.92. The number of aromatic nitrogens is 1. The molecule has 1 aliphatic heterocycles. The Morgan fingerprint density at radius 3 is 2.29 bits per heavy atom. The molecule has 0 unspecified atom stereocenters. The molecular weight excluding hydrogens is 294 g/mol. The topological polar surface area (TPSA) is 19.4 Å². The summed E-state index contributed by atoms with van der Waals surface area (Å²) >= 11 is 0. The zero-order chi connectivity index (χ0) is 16.2. The van der Waals surface area contributed by atoms with E-state index in [1.165, 1.54) is 56.7 Å². The summed E-state index contributed by atoms with van der Waals surface area (Å²) in [7, 11) is 0. The summed E-state index contributed by atoms with van der Waals surface area (Å²) in [6, 6.07) is 17.1. The van der Waals surface area contributed by atoms with Gasteiger partial charge in [-0.05, 0) is 43.4 Å². The zero-order valence-electron chi connectivity index (χ0n) is 14.4. The van der Waals surface area contributed by atoms with Gasteiger partial charge in [0.25, 0.3) is 0 Å². The first-order valence-electron chi connectivity index (χ1n) is 9.25. The molecule has 2 aliphatic rings. The van der Waals surface area contributed by atoms with Crippen LogP contribution in [0.15, 0.2) is 54.7 Å². The molecule has 0 N–H and O–H groups in total. The number of aryl methyl sites for hydroxylation is 1. The van der Waals surface area contributed by atoms with Crippen LogP contribution in [0.2, 0.25) is 0 Å². The molecule has 0 spiro atoms.